The van der Waals surface area contributed by atoms with Crippen LogP contribution in [0.15, 0.2) is 6.07 Å². The Hall–Kier alpha value is -1.36. The van der Waals surface area contributed by atoms with Crippen molar-refractivity contribution in [2.24, 2.45) is 5.41 Å². The molecule has 19 heavy (non-hydrogen) atoms. The third kappa shape index (κ3) is 3.35. The van der Waals surface area contributed by atoms with Crippen LogP contribution >= 0.6 is 0 Å². The van der Waals surface area contributed by atoms with Crippen LogP contribution < -0.4 is 16.0 Å². The molecule has 0 spiro atoms. The van der Waals surface area contributed by atoms with Crippen LogP contribution in [0.1, 0.15) is 33.4 Å². The van der Waals surface area contributed by atoms with Crippen LogP contribution in [0, 0.1) is 5.41 Å². The predicted molar refractivity (Wildman–Crippen MR) is 79.3 cm³/mol. The van der Waals surface area contributed by atoms with E-state index in [0.29, 0.717) is 5.95 Å². The molecule has 2 rings (SSSR count). The molecule has 1 aromatic heterocycles. The molecule has 106 valence electrons. The first-order valence-corrected chi connectivity index (χ1v) is 6.78. The molecule has 3 N–H and O–H groups in total. The molecule has 1 saturated heterocycles. The Bertz CT molecular complexity index is 457. The molecule has 1 aliphatic rings. The van der Waals surface area contributed by atoms with Gasteiger partial charge in [0.05, 0.1) is 5.54 Å². The maximum atomic E-state index is 5.83. The minimum Gasteiger partial charge on any atom is -0.368 e. The summed E-state index contributed by atoms with van der Waals surface area (Å²) in [5.41, 5.74) is 7.24. The summed E-state index contributed by atoms with van der Waals surface area (Å²) in [4.78, 5) is 10.9. The molecule has 5 nitrogen and oxygen atoms in total. The summed E-state index contributed by atoms with van der Waals surface area (Å²) < 4.78 is 0. The summed E-state index contributed by atoms with van der Waals surface area (Å²) >= 11 is 0. The van der Waals surface area contributed by atoms with Gasteiger partial charge < -0.3 is 16.0 Å². The summed E-state index contributed by atoms with van der Waals surface area (Å²) in [6, 6.07) is 2.07. The lowest BCUT2D eigenvalue weighted by Crippen LogP contribution is -2.67. The highest BCUT2D eigenvalue weighted by Gasteiger charge is 2.38. The molecule has 1 fully saturated rings. The van der Waals surface area contributed by atoms with E-state index in [4.69, 9.17) is 5.73 Å². The summed E-state index contributed by atoms with van der Waals surface area (Å²) in [5, 5.41) is 3.33. The monoisotopic (exact) mass is 263 g/mol. The lowest BCUT2D eigenvalue weighted by molar-refractivity contribution is 0.301. The SMILES string of the molecule is CNC1(C)CN(c2cc(CC(C)(C)C)nc(N)n2)C1. The average Bonchev–Trinajstić information content (AvgIpc) is 2.21. The zero-order chi connectivity index (χ0) is 14.3. The van der Waals surface area contributed by atoms with E-state index in [1.54, 1.807) is 0 Å². The highest BCUT2D eigenvalue weighted by atomic mass is 15.3. The van der Waals surface area contributed by atoms with E-state index >= 15 is 0 Å². The molecule has 2 heterocycles. The molecule has 1 aromatic rings. The first-order valence-electron chi connectivity index (χ1n) is 6.78. The highest BCUT2D eigenvalue weighted by molar-refractivity contribution is 5.48. The van der Waals surface area contributed by atoms with Crippen molar-refractivity contribution in [1.29, 1.82) is 0 Å². The molecule has 0 aromatic carbocycles. The van der Waals surface area contributed by atoms with Crippen LogP contribution in [0.2, 0.25) is 0 Å². The largest absolute Gasteiger partial charge is 0.368 e. The third-order valence-electron chi connectivity index (χ3n) is 3.50. The van der Waals surface area contributed by atoms with Crippen molar-refractivity contribution in [3.8, 4) is 0 Å². The van der Waals surface area contributed by atoms with E-state index < -0.39 is 0 Å². The molecule has 0 unspecified atom stereocenters. The second kappa shape index (κ2) is 4.63. The molecular weight excluding hydrogens is 238 g/mol. The van der Waals surface area contributed by atoms with Crippen LogP contribution in [0.3, 0.4) is 0 Å². The number of hydrogen-bond acceptors (Lipinski definition) is 5. The van der Waals surface area contributed by atoms with Gasteiger partial charge in [0.2, 0.25) is 5.95 Å². The van der Waals surface area contributed by atoms with Gasteiger partial charge in [-0.2, -0.15) is 4.98 Å². The predicted octanol–water partition coefficient (Wildman–Crippen LogP) is 1.45. The summed E-state index contributed by atoms with van der Waals surface area (Å²) in [6.07, 6.45) is 0.907. The standard InChI is InChI=1S/C14H25N5/c1-13(2,3)7-10-6-11(18-12(15)17-10)19-8-14(4,9-19)16-5/h6,16H,7-9H2,1-5H3,(H2,15,17,18). The maximum Gasteiger partial charge on any atom is 0.222 e. The smallest absolute Gasteiger partial charge is 0.222 e. The van der Waals surface area contributed by atoms with E-state index in [9.17, 15) is 0 Å². The topological polar surface area (TPSA) is 67.1 Å². The Morgan fingerprint density at radius 2 is 2.00 bits per heavy atom. The van der Waals surface area contributed by atoms with E-state index in [1.807, 2.05) is 7.05 Å². The van der Waals surface area contributed by atoms with Gasteiger partial charge in [0.1, 0.15) is 5.82 Å². The number of hydrogen-bond donors (Lipinski definition) is 2. The van der Waals surface area contributed by atoms with Gasteiger partial charge in [0, 0.05) is 24.8 Å². The van der Waals surface area contributed by atoms with E-state index in [0.717, 1.165) is 31.0 Å². The number of nitrogen functional groups attached to an aromatic ring is 1. The van der Waals surface area contributed by atoms with Crippen molar-refractivity contribution in [2.45, 2.75) is 39.7 Å². The van der Waals surface area contributed by atoms with Gasteiger partial charge in [0.15, 0.2) is 0 Å². The number of nitrogens with zero attached hydrogens (tertiary/aromatic N) is 3. The lowest BCUT2D eigenvalue weighted by atomic mass is 9.90. The quantitative estimate of drug-likeness (QED) is 0.864. The van der Waals surface area contributed by atoms with Gasteiger partial charge in [0.25, 0.3) is 0 Å². The maximum absolute atomic E-state index is 5.83. The number of likely N-dealkylation sites (N-methyl/N-ethyl adjacent to an activating group) is 1. The average molecular weight is 263 g/mol. The van der Waals surface area contributed by atoms with Crippen LogP contribution in [-0.2, 0) is 6.42 Å². The second-order valence-electron chi connectivity index (χ2n) is 6.98. The Morgan fingerprint density at radius 1 is 1.37 bits per heavy atom. The normalized spacial score (nSPS) is 18.3. The molecule has 0 saturated carbocycles. The third-order valence-corrected chi connectivity index (χ3v) is 3.50. The van der Waals surface area contributed by atoms with Gasteiger partial charge in [-0.3, -0.25) is 0 Å². The Labute approximate surface area is 115 Å². The molecule has 5 heteroatoms. The summed E-state index contributed by atoms with van der Waals surface area (Å²) in [7, 11) is 2.00. The fourth-order valence-electron chi connectivity index (χ4n) is 2.42. The highest BCUT2D eigenvalue weighted by Crippen LogP contribution is 2.28. The number of nitrogens with one attached hydrogen (secondary N) is 1. The molecule has 0 bridgehead atoms. The van der Waals surface area contributed by atoms with Crippen LogP contribution in [0.5, 0.6) is 0 Å². The van der Waals surface area contributed by atoms with Crippen molar-refractivity contribution in [1.82, 2.24) is 15.3 Å². The number of rotatable bonds is 3. The molecule has 0 amide bonds. The number of aromatic nitrogens is 2. The van der Waals surface area contributed by atoms with Crippen LogP contribution in [0.4, 0.5) is 11.8 Å². The minimum absolute atomic E-state index is 0.184. The summed E-state index contributed by atoms with van der Waals surface area (Å²) in [5.74, 6) is 1.31. The summed E-state index contributed by atoms with van der Waals surface area (Å²) in [6.45, 7) is 10.7. The first-order chi connectivity index (χ1) is 8.71. The fraction of sp³-hybridized carbons (Fsp3) is 0.714. The zero-order valence-corrected chi connectivity index (χ0v) is 12.6. The van der Waals surface area contributed by atoms with Crippen LogP contribution in [-0.4, -0.2) is 35.6 Å². The number of anilines is 2. The Kier molecular flexibility index (Phi) is 3.43. The van der Waals surface area contributed by atoms with Crippen molar-refractivity contribution >= 4 is 11.8 Å². The second-order valence-corrected chi connectivity index (χ2v) is 6.98. The van der Waals surface area contributed by atoms with Crippen molar-refractivity contribution in [3.63, 3.8) is 0 Å². The van der Waals surface area contributed by atoms with E-state index in [2.05, 4.69) is 53.9 Å². The Morgan fingerprint density at radius 3 is 2.53 bits per heavy atom. The lowest BCUT2D eigenvalue weighted by Gasteiger charge is -2.48. The van der Waals surface area contributed by atoms with Crippen molar-refractivity contribution in [3.05, 3.63) is 11.8 Å². The van der Waals surface area contributed by atoms with Gasteiger partial charge in [-0.15, -0.1) is 0 Å². The van der Waals surface area contributed by atoms with E-state index in [-0.39, 0.29) is 11.0 Å². The van der Waals surface area contributed by atoms with Crippen molar-refractivity contribution in [2.75, 3.05) is 30.8 Å². The fourth-order valence-corrected chi connectivity index (χ4v) is 2.42. The molecular formula is C14H25N5. The van der Waals surface area contributed by atoms with Gasteiger partial charge in [-0.1, -0.05) is 20.8 Å². The minimum atomic E-state index is 0.184. The molecule has 0 atom stereocenters. The Balaban J connectivity index is 2.15. The zero-order valence-electron chi connectivity index (χ0n) is 12.6. The van der Waals surface area contributed by atoms with Gasteiger partial charge in [-0.25, -0.2) is 4.98 Å². The van der Waals surface area contributed by atoms with Gasteiger partial charge in [-0.05, 0) is 25.8 Å². The van der Waals surface area contributed by atoms with E-state index in [1.165, 1.54) is 0 Å². The van der Waals surface area contributed by atoms with Crippen molar-refractivity contribution < 1.29 is 0 Å². The van der Waals surface area contributed by atoms with Crippen LogP contribution in [0.25, 0.3) is 0 Å². The first kappa shape index (κ1) is 14.1. The van der Waals surface area contributed by atoms with Gasteiger partial charge >= 0.3 is 0 Å². The number of nitrogens with two attached hydrogens (primary N) is 1. The molecule has 0 aliphatic carbocycles. The molecule has 1 aliphatic heterocycles. The molecule has 0 radical (unpaired) electrons.